The fourth-order valence-electron chi connectivity index (χ4n) is 1.96. The zero-order chi connectivity index (χ0) is 15.1. The largest absolute Gasteiger partial charge is 0.438 e. The van der Waals surface area contributed by atoms with Gasteiger partial charge >= 0.3 is 6.18 Å². The number of aryl methyl sites for hydroxylation is 1. The Bertz CT molecular complexity index is 566. The van der Waals surface area contributed by atoms with E-state index in [1.165, 1.54) is 17.8 Å². The molecule has 1 N–H and O–H groups in total. The highest BCUT2D eigenvalue weighted by Crippen LogP contribution is 2.40. The SMILES string of the molecule is CC1=NN(C(=O)Cn2ccc(C)n2)C(O)(C(F)(F)F)C1. The Hall–Kier alpha value is -1.90. The number of nitrogens with zero attached hydrogens (tertiary/aromatic N) is 4. The fourth-order valence-corrected chi connectivity index (χ4v) is 1.96. The summed E-state index contributed by atoms with van der Waals surface area (Å²) >= 11 is 0. The molecular weight excluding hydrogens is 277 g/mol. The second-order valence-electron chi connectivity index (χ2n) is 4.69. The Labute approximate surface area is 112 Å². The van der Waals surface area contributed by atoms with Gasteiger partial charge in [-0.25, -0.2) is 0 Å². The molecule has 1 aliphatic rings. The van der Waals surface area contributed by atoms with Crippen LogP contribution in [0.15, 0.2) is 17.4 Å². The van der Waals surface area contributed by atoms with Crippen molar-refractivity contribution < 1.29 is 23.1 Å². The molecule has 0 fully saturated rings. The number of hydrazone groups is 1. The maximum Gasteiger partial charge on any atom is 0.438 e. The van der Waals surface area contributed by atoms with Crippen molar-refractivity contribution in [1.82, 2.24) is 14.8 Å². The van der Waals surface area contributed by atoms with E-state index in [2.05, 4.69) is 10.2 Å². The van der Waals surface area contributed by atoms with Crippen molar-refractivity contribution in [3.05, 3.63) is 18.0 Å². The lowest BCUT2D eigenvalue weighted by atomic mass is 10.1. The molecule has 6 nitrogen and oxygen atoms in total. The van der Waals surface area contributed by atoms with Crippen LogP contribution >= 0.6 is 0 Å². The molecular formula is C11H13F3N4O2. The van der Waals surface area contributed by atoms with E-state index in [1.54, 1.807) is 13.0 Å². The van der Waals surface area contributed by atoms with Gasteiger partial charge < -0.3 is 5.11 Å². The van der Waals surface area contributed by atoms with Crippen molar-refractivity contribution in [2.24, 2.45) is 5.10 Å². The van der Waals surface area contributed by atoms with E-state index in [9.17, 15) is 23.1 Å². The van der Waals surface area contributed by atoms with E-state index in [4.69, 9.17) is 0 Å². The zero-order valence-electron chi connectivity index (χ0n) is 10.8. The predicted octanol–water partition coefficient (Wildman–Crippen LogP) is 1.05. The van der Waals surface area contributed by atoms with Crippen LogP contribution in [0.2, 0.25) is 0 Å². The van der Waals surface area contributed by atoms with Gasteiger partial charge in [0.25, 0.3) is 11.6 Å². The first-order valence-electron chi connectivity index (χ1n) is 5.80. The maximum atomic E-state index is 12.9. The Morgan fingerprint density at radius 2 is 2.15 bits per heavy atom. The average Bonchev–Trinajstić information content (AvgIpc) is 2.82. The lowest BCUT2D eigenvalue weighted by Crippen LogP contribution is -2.57. The van der Waals surface area contributed by atoms with Gasteiger partial charge in [-0.3, -0.25) is 9.48 Å². The van der Waals surface area contributed by atoms with E-state index in [-0.39, 0.29) is 10.7 Å². The molecule has 0 radical (unpaired) electrons. The number of rotatable bonds is 2. The van der Waals surface area contributed by atoms with E-state index in [1.807, 2.05) is 0 Å². The molecule has 0 saturated carbocycles. The summed E-state index contributed by atoms with van der Waals surface area (Å²) in [5, 5.41) is 17.3. The third kappa shape index (κ3) is 2.40. The second kappa shape index (κ2) is 4.58. The molecule has 1 unspecified atom stereocenters. The topological polar surface area (TPSA) is 70.7 Å². The standard InChI is InChI=1S/C11H13F3N4O2/c1-7-3-4-17(15-7)6-9(19)18-10(20,11(12,13)14)5-8(2)16-18/h3-4,20H,5-6H2,1-2H3. The Balaban J connectivity index is 2.23. The van der Waals surface area contributed by atoms with Gasteiger partial charge in [-0.2, -0.15) is 28.4 Å². The highest BCUT2D eigenvalue weighted by Gasteiger charge is 2.62. The molecule has 9 heteroatoms. The molecule has 20 heavy (non-hydrogen) atoms. The summed E-state index contributed by atoms with van der Waals surface area (Å²) in [6.45, 7) is 2.58. The minimum absolute atomic E-state index is 0.0369. The zero-order valence-corrected chi connectivity index (χ0v) is 10.8. The fraction of sp³-hybridized carbons (Fsp3) is 0.545. The number of hydrogen-bond donors (Lipinski definition) is 1. The normalized spacial score (nSPS) is 23.1. The molecule has 2 rings (SSSR count). The molecule has 0 aliphatic carbocycles. The van der Waals surface area contributed by atoms with Crippen LogP contribution in [0.25, 0.3) is 0 Å². The van der Waals surface area contributed by atoms with Crippen LogP contribution in [0.4, 0.5) is 13.2 Å². The molecule has 0 saturated heterocycles. The van der Waals surface area contributed by atoms with Gasteiger partial charge in [0.05, 0.1) is 5.69 Å². The Morgan fingerprint density at radius 1 is 1.50 bits per heavy atom. The summed E-state index contributed by atoms with van der Waals surface area (Å²) in [5.41, 5.74) is -2.61. The van der Waals surface area contributed by atoms with E-state index < -0.39 is 30.8 Å². The van der Waals surface area contributed by atoms with Crippen molar-refractivity contribution in [2.45, 2.75) is 38.7 Å². The van der Waals surface area contributed by atoms with Crippen molar-refractivity contribution in [3.8, 4) is 0 Å². The molecule has 1 atom stereocenters. The molecule has 1 aliphatic heterocycles. The van der Waals surface area contributed by atoms with E-state index >= 15 is 0 Å². The number of halogens is 3. The summed E-state index contributed by atoms with van der Waals surface area (Å²) < 4.78 is 40.0. The van der Waals surface area contributed by atoms with Crippen molar-refractivity contribution in [3.63, 3.8) is 0 Å². The third-order valence-electron chi connectivity index (χ3n) is 2.88. The maximum absolute atomic E-state index is 12.9. The lowest BCUT2D eigenvalue weighted by molar-refractivity contribution is -0.302. The van der Waals surface area contributed by atoms with Gasteiger partial charge in [-0.15, -0.1) is 0 Å². The Morgan fingerprint density at radius 3 is 2.65 bits per heavy atom. The predicted molar refractivity (Wildman–Crippen MR) is 62.5 cm³/mol. The van der Waals surface area contributed by atoms with Crippen LogP contribution in [0.1, 0.15) is 19.0 Å². The number of amides is 1. The van der Waals surface area contributed by atoms with E-state index in [0.717, 1.165) is 0 Å². The minimum atomic E-state index is -4.98. The summed E-state index contributed by atoms with van der Waals surface area (Å²) in [5.74, 6) is -0.982. The van der Waals surface area contributed by atoms with E-state index in [0.29, 0.717) is 5.69 Å². The highest BCUT2D eigenvalue weighted by atomic mass is 19.4. The van der Waals surface area contributed by atoms with Gasteiger partial charge in [0.1, 0.15) is 6.54 Å². The van der Waals surface area contributed by atoms with Crippen molar-refractivity contribution >= 4 is 11.6 Å². The smallest absolute Gasteiger partial charge is 0.362 e. The number of hydrogen-bond acceptors (Lipinski definition) is 4. The summed E-state index contributed by atoms with van der Waals surface area (Å²) in [4.78, 5) is 11.9. The first-order valence-corrected chi connectivity index (χ1v) is 5.80. The van der Waals surface area contributed by atoms with Crippen molar-refractivity contribution in [1.29, 1.82) is 0 Å². The van der Waals surface area contributed by atoms with Gasteiger partial charge in [0.15, 0.2) is 0 Å². The monoisotopic (exact) mass is 290 g/mol. The molecule has 1 aromatic heterocycles. The van der Waals surface area contributed by atoms with Gasteiger partial charge in [-0.1, -0.05) is 0 Å². The lowest BCUT2D eigenvalue weighted by Gasteiger charge is -2.32. The molecule has 2 heterocycles. The van der Waals surface area contributed by atoms with Crippen LogP contribution < -0.4 is 0 Å². The number of aromatic nitrogens is 2. The molecule has 0 bridgehead atoms. The molecule has 110 valence electrons. The molecule has 0 aromatic carbocycles. The average molecular weight is 290 g/mol. The van der Waals surface area contributed by atoms with Crippen LogP contribution in [-0.4, -0.2) is 43.4 Å². The van der Waals surface area contributed by atoms with Gasteiger partial charge in [0, 0.05) is 18.3 Å². The number of aliphatic hydroxyl groups is 1. The second-order valence-corrected chi connectivity index (χ2v) is 4.69. The number of carbonyl (C=O) groups excluding carboxylic acids is 1. The van der Waals surface area contributed by atoms with Gasteiger partial charge in [0.2, 0.25) is 0 Å². The summed E-state index contributed by atoms with van der Waals surface area (Å²) in [7, 11) is 0. The first kappa shape index (κ1) is 14.5. The summed E-state index contributed by atoms with van der Waals surface area (Å²) in [6.07, 6.45) is -4.27. The highest BCUT2D eigenvalue weighted by molar-refractivity contribution is 5.89. The molecule has 0 spiro atoms. The van der Waals surface area contributed by atoms with Crippen LogP contribution in [0.3, 0.4) is 0 Å². The van der Waals surface area contributed by atoms with Gasteiger partial charge in [-0.05, 0) is 19.9 Å². The number of alkyl halides is 3. The first-order chi connectivity index (χ1) is 9.13. The molecule has 1 amide bonds. The molecule has 1 aromatic rings. The Kier molecular flexibility index (Phi) is 3.32. The number of carbonyl (C=O) groups is 1. The summed E-state index contributed by atoms with van der Waals surface area (Å²) in [6, 6.07) is 1.61. The quantitative estimate of drug-likeness (QED) is 0.885. The van der Waals surface area contributed by atoms with Crippen LogP contribution in [0, 0.1) is 6.92 Å². The van der Waals surface area contributed by atoms with Crippen LogP contribution in [-0.2, 0) is 11.3 Å². The van der Waals surface area contributed by atoms with Crippen molar-refractivity contribution in [2.75, 3.05) is 0 Å². The van der Waals surface area contributed by atoms with Crippen LogP contribution in [0.5, 0.6) is 0 Å². The minimum Gasteiger partial charge on any atom is -0.362 e. The third-order valence-corrected chi connectivity index (χ3v) is 2.88.